The van der Waals surface area contributed by atoms with E-state index in [4.69, 9.17) is 0 Å². The number of rotatable bonds is 4. The number of fused-ring (bicyclic) bond motifs is 2. The molecule has 0 saturated heterocycles. The van der Waals surface area contributed by atoms with Gasteiger partial charge >= 0.3 is 0 Å². The van der Waals surface area contributed by atoms with Gasteiger partial charge in [-0.15, -0.1) is 0 Å². The first-order chi connectivity index (χ1) is 11.1. The zero-order valence-corrected chi connectivity index (χ0v) is 13.0. The van der Waals surface area contributed by atoms with Crippen molar-refractivity contribution in [1.29, 1.82) is 0 Å². The Kier molecular flexibility index (Phi) is 4.16. The number of hydrogen-bond donors (Lipinski definition) is 1. The molecule has 5 nitrogen and oxygen atoms in total. The van der Waals surface area contributed by atoms with Crippen molar-refractivity contribution in [3.8, 4) is 0 Å². The van der Waals surface area contributed by atoms with Crippen molar-refractivity contribution in [2.24, 2.45) is 0 Å². The molecule has 1 heterocycles. The van der Waals surface area contributed by atoms with E-state index in [9.17, 15) is 9.18 Å². The maximum atomic E-state index is 13.9. The third kappa shape index (κ3) is 3.12. The number of aromatic nitrogens is 2. The molecule has 0 atom stereocenters. The lowest BCUT2D eigenvalue weighted by atomic mass is 10.1. The standard InChI is InChI=1S/C17H17FN4O/c1-22(2)10-9-19-17(23)11-5-3-7-13-15(11)21-16-12(18)6-4-8-14(16)20-13/h3-8H,9-10H2,1-2H3,(H,19,23). The van der Waals surface area contributed by atoms with Crippen LogP contribution in [0.2, 0.25) is 0 Å². The third-order valence-corrected chi connectivity index (χ3v) is 3.53. The number of nitrogens with one attached hydrogen (secondary N) is 1. The lowest BCUT2D eigenvalue weighted by molar-refractivity contribution is 0.0952. The highest BCUT2D eigenvalue weighted by molar-refractivity contribution is 6.06. The summed E-state index contributed by atoms with van der Waals surface area (Å²) in [5.74, 6) is -0.679. The molecule has 0 bridgehead atoms. The summed E-state index contributed by atoms with van der Waals surface area (Å²) in [6.45, 7) is 1.26. The first-order valence-corrected chi connectivity index (χ1v) is 7.34. The summed E-state index contributed by atoms with van der Waals surface area (Å²) in [6, 6.07) is 9.83. The van der Waals surface area contributed by atoms with E-state index in [0.29, 0.717) is 28.7 Å². The van der Waals surface area contributed by atoms with Crippen molar-refractivity contribution in [3.05, 3.63) is 47.8 Å². The van der Waals surface area contributed by atoms with E-state index in [1.807, 2.05) is 19.0 Å². The van der Waals surface area contributed by atoms with Gasteiger partial charge in [-0.2, -0.15) is 0 Å². The number of carbonyl (C=O) groups excluding carboxylic acids is 1. The number of para-hydroxylation sites is 2. The fraction of sp³-hybridized carbons (Fsp3) is 0.235. The third-order valence-electron chi connectivity index (χ3n) is 3.53. The molecule has 0 unspecified atom stereocenters. The Hall–Kier alpha value is -2.60. The molecule has 2 aromatic carbocycles. The van der Waals surface area contributed by atoms with Crippen LogP contribution in [0.25, 0.3) is 22.1 Å². The van der Waals surface area contributed by atoms with Crippen LogP contribution in [0.5, 0.6) is 0 Å². The van der Waals surface area contributed by atoms with Crippen LogP contribution in [0.3, 0.4) is 0 Å². The molecule has 118 valence electrons. The van der Waals surface area contributed by atoms with Crippen LogP contribution in [0, 0.1) is 5.82 Å². The van der Waals surface area contributed by atoms with E-state index >= 15 is 0 Å². The highest BCUT2D eigenvalue weighted by Gasteiger charge is 2.13. The Morgan fingerprint density at radius 3 is 2.52 bits per heavy atom. The molecule has 6 heteroatoms. The van der Waals surface area contributed by atoms with E-state index in [1.165, 1.54) is 6.07 Å². The monoisotopic (exact) mass is 312 g/mol. The highest BCUT2D eigenvalue weighted by atomic mass is 19.1. The average Bonchev–Trinajstić information content (AvgIpc) is 2.52. The van der Waals surface area contributed by atoms with Gasteiger partial charge in [-0.05, 0) is 38.4 Å². The van der Waals surface area contributed by atoms with Crippen LogP contribution in [-0.4, -0.2) is 48.0 Å². The molecule has 23 heavy (non-hydrogen) atoms. The first-order valence-electron chi connectivity index (χ1n) is 7.34. The van der Waals surface area contributed by atoms with Crippen molar-refractivity contribution in [1.82, 2.24) is 20.2 Å². The lowest BCUT2D eigenvalue weighted by Gasteiger charge is -2.11. The quantitative estimate of drug-likeness (QED) is 0.751. The second kappa shape index (κ2) is 6.26. The summed E-state index contributed by atoms with van der Waals surface area (Å²) in [6.07, 6.45) is 0. The summed E-state index contributed by atoms with van der Waals surface area (Å²) in [5, 5.41) is 2.84. The SMILES string of the molecule is CN(C)CCNC(=O)c1cccc2nc3cccc(F)c3nc12. The van der Waals surface area contributed by atoms with Gasteiger partial charge in [0.15, 0.2) is 5.82 Å². The Morgan fingerprint density at radius 1 is 1.09 bits per heavy atom. The molecular formula is C17H17FN4O. The molecule has 0 spiro atoms. The number of likely N-dealkylation sites (N-methyl/N-ethyl adjacent to an activating group) is 1. The normalized spacial score (nSPS) is 11.3. The Morgan fingerprint density at radius 2 is 1.78 bits per heavy atom. The fourth-order valence-corrected chi connectivity index (χ4v) is 2.36. The summed E-state index contributed by atoms with van der Waals surface area (Å²) >= 11 is 0. The Labute approximate surface area is 133 Å². The number of nitrogens with zero attached hydrogens (tertiary/aromatic N) is 3. The van der Waals surface area contributed by atoms with E-state index in [0.717, 1.165) is 6.54 Å². The minimum atomic E-state index is -0.445. The van der Waals surface area contributed by atoms with Crippen molar-refractivity contribution in [2.45, 2.75) is 0 Å². The molecule has 3 aromatic rings. The van der Waals surface area contributed by atoms with Crippen LogP contribution in [-0.2, 0) is 0 Å². The number of amides is 1. The molecule has 0 fully saturated rings. The highest BCUT2D eigenvalue weighted by Crippen LogP contribution is 2.21. The van der Waals surface area contributed by atoms with Crippen molar-refractivity contribution >= 4 is 28.0 Å². The van der Waals surface area contributed by atoms with Crippen molar-refractivity contribution in [2.75, 3.05) is 27.2 Å². The molecule has 3 rings (SSSR count). The number of benzene rings is 2. The topological polar surface area (TPSA) is 58.1 Å². The maximum absolute atomic E-state index is 13.9. The van der Waals surface area contributed by atoms with Gasteiger partial charge in [0.25, 0.3) is 5.91 Å². The second-order valence-corrected chi connectivity index (χ2v) is 5.56. The van der Waals surface area contributed by atoms with Crippen molar-refractivity contribution in [3.63, 3.8) is 0 Å². The number of hydrogen-bond acceptors (Lipinski definition) is 4. The predicted molar refractivity (Wildman–Crippen MR) is 87.9 cm³/mol. The molecule has 0 aliphatic carbocycles. The zero-order valence-electron chi connectivity index (χ0n) is 13.0. The second-order valence-electron chi connectivity index (χ2n) is 5.56. The van der Waals surface area contributed by atoms with Crippen LogP contribution < -0.4 is 5.32 Å². The van der Waals surface area contributed by atoms with Gasteiger partial charge in [0.2, 0.25) is 0 Å². The summed E-state index contributed by atoms with van der Waals surface area (Å²) < 4.78 is 13.9. The number of carbonyl (C=O) groups is 1. The van der Waals surface area contributed by atoms with Crippen LogP contribution in [0.1, 0.15) is 10.4 Å². The smallest absolute Gasteiger partial charge is 0.253 e. The van der Waals surface area contributed by atoms with Gasteiger partial charge < -0.3 is 10.2 Å². The van der Waals surface area contributed by atoms with Crippen LogP contribution >= 0.6 is 0 Å². The van der Waals surface area contributed by atoms with E-state index in [1.54, 1.807) is 30.3 Å². The summed E-state index contributed by atoms with van der Waals surface area (Å²) in [5.41, 5.74) is 2.03. The Balaban J connectivity index is 2.03. The predicted octanol–water partition coefficient (Wildman–Crippen LogP) is 2.21. The molecule has 0 aliphatic heterocycles. The van der Waals surface area contributed by atoms with Crippen molar-refractivity contribution < 1.29 is 9.18 Å². The van der Waals surface area contributed by atoms with Gasteiger partial charge in [0.1, 0.15) is 11.0 Å². The summed E-state index contributed by atoms with van der Waals surface area (Å²) in [4.78, 5) is 23.1. The molecule has 0 radical (unpaired) electrons. The van der Waals surface area contributed by atoms with Crippen LogP contribution in [0.4, 0.5) is 4.39 Å². The largest absolute Gasteiger partial charge is 0.351 e. The van der Waals surface area contributed by atoms with Crippen LogP contribution in [0.15, 0.2) is 36.4 Å². The first kappa shape index (κ1) is 15.3. The van der Waals surface area contributed by atoms with Gasteiger partial charge in [-0.3, -0.25) is 4.79 Å². The molecular weight excluding hydrogens is 295 g/mol. The lowest BCUT2D eigenvalue weighted by Crippen LogP contribution is -2.31. The molecule has 0 saturated carbocycles. The number of halogens is 1. The van der Waals surface area contributed by atoms with Gasteiger partial charge in [0.05, 0.1) is 16.6 Å². The van der Waals surface area contributed by atoms with Gasteiger partial charge in [0, 0.05) is 13.1 Å². The molecule has 1 aromatic heterocycles. The molecule has 1 N–H and O–H groups in total. The van der Waals surface area contributed by atoms with E-state index < -0.39 is 5.82 Å². The van der Waals surface area contributed by atoms with E-state index in [2.05, 4.69) is 15.3 Å². The zero-order chi connectivity index (χ0) is 16.4. The van der Waals surface area contributed by atoms with Gasteiger partial charge in [-0.25, -0.2) is 14.4 Å². The minimum Gasteiger partial charge on any atom is -0.351 e. The Bertz CT molecular complexity index is 879. The molecule has 1 amide bonds. The average molecular weight is 312 g/mol. The van der Waals surface area contributed by atoms with E-state index in [-0.39, 0.29) is 11.4 Å². The maximum Gasteiger partial charge on any atom is 0.253 e. The fourth-order valence-electron chi connectivity index (χ4n) is 2.36. The molecule has 0 aliphatic rings. The van der Waals surface area contributed by atoms with Gasteiger partial charge in [-0.1, -0.05) is 12.1 Å². The minimum absolute atomic E-state index is 0.175. The summed E-state index contributed by atoms with van der Waals surface area (Å²) in [7, 11) is 3.87.